The van der Waals surface area contributed by atoms with E-state index in [1.54, 1.807) is 24.4 Å². The van der Waals surface area contributed by atoms with Gasteiger partial charge >= 0.3 is 5.97 Å². The first-order valence-electron chi connectivity index (χ1n) is 4.67. The number of hydrogen-bond donors (Lipinski definition) is 1. The molecular weight excluding hydrogens is 227 g/mol. The predicted octanol–water partition coefficient (Wildman–Crippen LogP) is 3.56. The van der Waals surface area contributed by atoms with Gasteiger partial charge in [0, 0.05) is 10.3 Å². The van der Waals surface area contributed by atoms with Gasteiger partial charge in [0.2, 0.25) is 0 Å². The van der Waals surface area contributed by atoms with Crippen LogP contribution in [0.15, 0.2) is 29.6 Å². The number of hydrogen-bond acceptors (Lipinski definition) is 2. The van der Waals surface area contributed by atoms with Crippen molar-refractivity contribution in [1.29, 1.82) is 0 Å². The van der Waals surface area contributed by atoms with Gasteiger partial charge in [-0.3, -0.25) is 0 Å². The second-order valence-electron chi connectivity index (χ2n) is 3.42. The number of rotatable bonds is 2. The molecule has 0 radical (unpaired) electrons. The third kappa shape index (κ3) is 1.84. The molecule has 2 rings (SSSR count). The second kappa shape index (κ2) is 4.06. The highest BCUT2D eigenvalue weighted by Gasteiger charge is 2.14. The molecule has 0 aliphatic rings. The van der Waals surface area contributed by atoms with Crippen LogP contribution < -0.4 is 0 Å². The Labute approximate surface area is 96.0 Å². The van der Waals surface area contributed by atoms with Crippen LogP contribution >= 0.6 is 11.3 Å². The molecule has 0 atom stereocenters. The first-order valence-corrected chi connectivity index (χ1v) is 5.55. The smallest absolute Gasteiger partial charge is 0.336 e. The van der Waals surface area contributed by atoms with Gasteiger partial charge in [0.25, 0.3) is 0 Å². The zero-order valence-corrected chi connectivity index (χ0v) is 9.34. The molecule has 1 N–H and O–H groups in total. The molecule has 1 heterocycles. The first kappa shape index (κ1) is 10.8. The van der Waals surface area contributed by atoms with Crippen molar-refractivity contribution in [1.82, 2.24) is 0 Å². The van der Waals surface area contributed by atoms with Crippen LogP contribution in [0, 0.1) is 12.7 Å². The van der Waals surface area contributed by atoms with Crippen LogP contribution in [-0.4, -0.2) is 11.1 Å². The molecule has 0 aliphatic heterocycles. The fourth-order valence-corrected chi connectivity index (χ4v) is 2.59. The lowest BCUT2D eigenvalue weighted by atomic mass is 10.1. The topological polar surface area (TPSA) is 37.3 Å². The SMILES string of the molecule is Cc1c(C(=O)O)csc1-c1ccc(F)cc1. The number of carbonyl (C=O) groups is 1. The average molecular weight is 236 g/mol. The van der Waals surface area contributed by atoms with E-state index in [0.29, 0.717) is 5.56 Å². The number of thiophene rings is 1. The van der Waals surface area contributed by atoms with Crippen LogP contribution in [0.5, 0.6) is 0 Å². The molecule has 1 aromatic carbocycles. The lowest BCUT2D eigenvalue weighted by Crippen LogP contribution is -1.95. The molecule has 0 bridgehead atoms. The normalized spacial score (nSPS) is 10.4. The molecule has 2 aromatic rings. The lowest BCUT2D eigenvalue weighted by Gasteiger charge is -2.00. The second-order valence-corrected chi connectivity index (χ2v) is 4.30. The van der Waals surface area contributed by atoms with Crippen molar-refractivity contribution in [2.75, 3.05) is 0 Å². The highest BCUT2D eigenvalue weighted by atomic mass is 32.1. The third-order valence-electron chi connectivity index (χ3n) is 2.38. The monoisotopic (exact) mass is 236 g/mol. The number of aromatic carboxylic acids is 1. The largest absolute Gasteiger partial charge is 0.478 e. The summed E-state index contributed by atoms with van der Waals surface area (Å²) in [5, 5.41) is 10.5. The van der Waals surface area contributed by atoms with Gasteiger partial charge in [-0.2, -0.15) is 0 Å². The molecule has 82 valence electrons. The Bertz CT molecular complexity index is 528. The molecule has 0 amide bonds. The van der Waals surface area contributed by atoms with E-state index in [-0.39, 0.29) is 5.82 Å². The maximum Gasteiger partial charge on any atom is 0.336 e. The Morgan fingerprint density at radius 1 is 1.31 bits per heavy atom. The maximum atomic E-state index is 12.7. The van der Waals surface area contributed by atoms with Crippen molar-refractivity contribution in [2.45, 2.75) is 6.92 Å². The highest BCUT2D eigenvalue weighted by Crippen LogP contribution is 2.32. The van der Waals surface area contributed by atoms with E-state index in [1.165, 1.54) is 23.5 Å². The van der Waals surface area contributed by atoms with Crippen molar-refractivity contribution < 1.29 is 14.3 Å². The molecule has 0 saturated carbocycles. The fourth-order valence-electron chi connectivity index (χ4n) is 1.51. The van der Waals surface area contributed by atoms with Crippen molar-refractivity contribution in [3.05, 3.63) is 46.6 Å². The number of halogens is 1. The summed E-state index contributed by atoms with van der Waals surface area (Å²) in [7, 11) is 0. The van der Waals surface area contributed by atoms with Crippen molar-refractivity contribution in [3.63, 3.8) is 0 Å². The van der Waals surface area contributed by atoms with Crippen molar-refractivity contribution in [2.24, 2.45) is 0 Å². The lowest BCUT2D eigenvalue weighted by molar-refractivity contribution is 0.0697. The summed E-state index contributed by atoms with van der Waals surface area (Å²) in [6.45, 7) is 1.76. The van der Waals surface area contributed by atoms with E-state index in [4.69, 9.17) is 5.11 Å². The van der Waals surface area contributed by atoms with Crippen LogP contribution in [0.1, 0.15) is 15.9 Å². The molecule has 0 saturated heterocycles. The summed E-state index contributed by atoms with van der Waals surface area (Å²) in [4.78, 5) is 11.7. The fraction of sp³-hybridized carbons (Fsp3) is 0.0833. The van der Waals surface area contributed by atoms with Gasteiger partial charge in [0.15, 0.2) is 0 Å². The summed E-state index contributed by atoms with van der Waals surface area (Å²) in [5.74, 6) is -1.22. The average Bonchev–Trinajstić information content (AvgIpc) is 2.61. The third-order valence-corrected chi connectivity index (χ3v) is 3.51. The van der Waals surface area contributed by atoms with Gasteiger partial charge in [0.1, 0.15) is 5.82 Å². The van der Waals surface area contributed by atoms with Gasteiger partial charge in [-0.1, -0.05) is 12.1 Å². The summed E-state index contributed by atoms with van der Waals surface area (Å²) < 4.78 is 12.7. The minimum Gasteiger partial charge on any atom is -0.478 e. The minimum absolute atomic E-state index is 0.295. The molecular formula is C12H9FO2S. The summed E-state index contributed by atoms with van der Waals surface area (Å²) in [6.07, 6.45) is 0. The molecule has 0 unspecified atom stereocenters. The molecule has 16 heavy (non-hydrogen) atoms. The Kier molecular flexibility index (Phi) is 2.75. The molecule has 2 nitrogen and oxygen atoms in total. The quantitative estimate of drug-likeness (QED) is 0.865. The van der Waals surface area contributed by atoms with E-state index in [1.807, 2.05) is 0 Å². The highest BCUT2D eigenvalue weighted by molar-refractivity contribution is 7.14. The number of carboxylic acid groups (broad SMARTS) is 1. The Balaban J connectivity index is 2.49. The first-order chi connectivity index (χ1) is 7.59. The van der Waals surface area contributed by atoms with Gasteiger partial charge in [-0.15, -0.1) is 11.3 Å². The van der Waals surface area contributed by atoms with E-state index in [0.717, 1.165) is 16.0 Å². The summed E-state index contributed by atoms with van der Waals surface area (Å²) >= 11 is 1.36. The van der Waals surface area contributed by atoms with E-state index in [9.17, 15) is 9.18 Å². The van der Waals surface area contributed by atoms with Crippen molar-refractivity contribution in [3.8, 4) is 10.4 Å². The molecule has 0 fully saturated rings. The van der Waals surface area contributed by atoms with E-state index < -0.39 is 5.97 Å². The maximum absolute atomic E-state index is 12.7. The Morgan fingerprint density at radius 2 is 1.94 bits per heavy atom. The Morgan fingerprint density at radius 3 is 2.44 bits per heavy atom. The zero-order valence-electron chi connectivity index (χ0n) is 8.53. The van der Waals surface area contributed by atoms with Crippen LogP contribution in [0.2, 0.25) is 0 Å². The van der Waals surface area contributed by atoms with Crippen LogP contribution in [0.4, 0.5) is 4.39 Å². The van der Waals surface area contributed by atoms with E-state index in [2.05, 4.69) is 0 Å². The molecule has 4 heteroatoms. The van der Waals surface area contributed by atoms with Gasteiger partial charge in [0.05, 0.1) is 5.56 Å². The van der Waals surface area contributed by atoms with E-state index >= 15 is 0 Å². The Hall–Kier alpha value is -1.68. The van der Waals surface area contributed by atoms with Gasteiger partial charge in [-0.25, -0.2) is 9.18 Å². The zero-order chi connectivity index (χ0) is 11.7. The number of carboxylic acids is 1. The van der Waals surface area contributed by atoms with Crippen molar-refractivity contribution >= 4 is 17.3 Å². The van der Waals surface area contributed by atoms with Crippen LogP contribution in [0.25, 0.3) is 10.4 Å². The molecule has 1 aromatic heterocycles. The summed E-state index contributed by atoms with van der Waals surface area (Å²) in [5.41, 5.74) is 1.88. The van der Waals surface area contributed by atoms with Gasteiger partial charge < -0.3 is 5.11 Å². The minimum atomic E-state index is -0.929. The van der Waals surface area contributed by atoms with Crippen LogP contribution in [0.3, 0.4) is 0 Å². The summed E-state index contributed by atoms with van der Waals surface area (Å²) in [6, 6.07) is 6.05. The predicted molar refractivity (Wildman–Crippen MR) is 61.4 cm³/mol. The van der Waals surface area contributed by atoms with Gasteiger partial charge in [-0.05, 0) is 30.2 Å². The standard InChI is InChI=1S/C12H9FO2S/c1-7-10(12(14)15)6-16-11(7)8-2-4-9(13)5-3-8/h2-6H,1H3,(H,14,15). The van der Waals surface area contributed by atoms with Crippen LogP contribution in [-0.2, 0) is 0 Å². The molecule has 0 aliphatic carbocycles. The number of benzene rings is 1. The molecule has 0 spiro atoms.